The summed E-state index contributed by atoms with van der Waals surface area (Å²) in [7, 11) is -3.71. The van der Waals surface area contributed by atoms with E-state index >= 15 is 0 Å². The van der Waals surface area contributed by atoms with Crippen molar-refractivity contribution in [2.24, 2.45) is 0 Å². The smallest absolute Gasteiger partial charge is 0.257 e. The van der Waals surface area contributed by atoms with Crippen molar-refractivity contribution in [1.82, 2.24) is 24.5 Å². The number of carbonyl (C=O) groups excluding carboxylic acids is 1. The minimum absolute atomic E-state index is 0.0122. The number of rotatable bonds is 7. The van der Waals surface area contributed by atoms with Crippen LogP contribution in [0, 0.1) is 0 Å². The molecule has 1 heterocycles. The third kappa shape index (κ3) is 4.44. The van der Waals surface area contributed by atoms with E-state index in [-0.39, 0.29) is 15.5 Å². The third-order valence-corrected chi connectivity index (χ3v) is 6.62. The van der Waals surface area contributed by atoms with Gasteiger partial charge >= 0.3 is 0 Å². The first-order valence-corrected chi connectivity index (χ1v) is 10.6. The van der Waals surface area contributed by atoms with Crippen molar-refractivity contribution in [2.45, 2.75) is 18.7 Å². The molecule has 1 N–H and O–H groups in total. The highest BCUT2D eigenvalue weighted by atomic mass is 35.5. The van der Waals surface area contributed by atoms with Crippen molar-refractivity contribution in [1.29, 1.82) is 0 Å². The lowest BCUT2D eigenvalue weighted by Crippen LogP contribution is -2.30. The van der Waals surface area contributed by atoms with Gasteiger partial charge < -0.3 is 5.32 Å². The van der Waals surface area contributed by atoms with Crippen LogP contribution in [0.15, 0.2) is 53.7 Å². The van der Waals surface area contributed by atoms with Crippen LogP contribution >= 0.6 is 11.6 Å². The van der Waals surface area contributed by atoms with Crippen molar-refractivity contribution in [3.8, 4) is 5.69 Å². The van der Waals surface area contributed by atoms with Crippen LogP contribution in [0.2, 0.25) is 5.02 Å². The summed E-state index contributed by atoms with van der Waals surface area (Å²) in [6.07, 6.45) is 1.43. The molecule has 9 nitrogen and oxygen atoms in total. The predicted octanol–water partition coefficient (Wildman–Crippen LogP) is 2.60. The van der Waals surface area contributed by atoms with Crippen LogP contribution in [-0.4, -0.2) is 51.9 Å². The van der Waals surface area contributed by atoms with E-state index in [9.17, 15) is 13.2 Å². The Hall–Kier alpha value is -2.82. The monoisotopic (exact) mass is 434 g/mol. The van der Waals surface area contributed by atoms with Gasteiger partial charge in [-0.05, 0) is 46.8 Å². The zero-order chi connectivity index (χ0) is 21.0. The lowest BCUT2D eigenvalue weighted by molar-refractivity contribution is 0.102. The number of halogens is 1. The van der Waals surface area contributed by atoms with Crippen molar-refractivity contribution in [3.63, 3.8) is 0 Å². The highest BCUT2D eigenvalue weighted by Gasteiger charge is 2.24. The molecule has 0 radical (unpaired) electrons. The average molecular weight is 435 g/mol. The topological polar surface area (TPSA) is 110 Å². The molecule has 0 saturated carbocycles. The molecule has 0 atom stereocenters. The molecule has 0 aliphatic carbocycles. The third-order valence-electron chi connectivity index (χ3n) is 4.24. The summed E-state index contributed by atoms with van der Waals surface area (Å²) in [5, 5.41) is 13.8. The summed E-state index contributed by atoms with van der Waals surface area (Å²) in [5.41, 5.74) is 1.19. The number of carbonyl (C=O) groups is 1. The van der Waals surface area contributed by atoms with Gasteiger partial charge in [-0.25, -0.2) is 13.1 Å². The van der Waals surface area contributed by atoms with Gasteiger partial charge in [-0.2, -0.15) is 4.31 Å². The molecule has 152 valence electrons. The molecule has 0 aliphatic rings. The van der Waals surface area contributed by atoms with Gasteiger partial charge in [0.15, 0.2) is 0 Å². The molecule has 11 heteroatoms. The Morgan fingerprint density at radius 3 is 2.59 bits per heavy atom. The largest absolute Gasteiger partial charge is 0.322 e. The van der Waals surface area contributed by atoms with Crippen LogP contribution in [0.5, 0.6) is 0 Å². The van der Waals surface area contributed by atoms with Crippen molar-refractivity contribution >= 4 is 33.2 Å². The van der Waals surface area contributed by atoms with E-state index in [0.29, 0.717) is 24.5 Å². The summed E-state index contributed by atoms with van der Waals surface area (Å²) in [4.78, 5) is 12.8. The van der Waals surface area contributed by atoms with Crippen LogP contribution < -0.4 is 5.32 Å². The van der Waals surface area contributed by atoms with Crippen LogP contribution in [0.4, 0.5) is 5.69 Å². The first-order chi connectivity index (χ1) is 13.9. The Bertz CT molecular complexity index is 1110. The van der Waals surface area contributed by atoms with Crippen molar-refractivity contribution < 1.29 is 13.2 Å². The molecule has 1 amide bonds. The normalized spacial score (nSPS) is 11.6. The Balaban J connectivity index is 1.89. The van der Waals surface area contributed by atoms with E-state index in [1.54, 1.807) is 38.1 Å². The fourth-order valence-corrected chi connectivity index (χ4v) is 4.44. The molecule has 29 heavy (non-hydrogen) atoms. The number of nitrogens with one attached hydrogen (secondary N) is 1. The van der Waals surface area contributed by atoms with Crippen molar-refractivity contribution in [3.05, 3.63) is 59.4 Å². The summed E-state index contributed by atoms with van der Waals surface area (Å²) >= 11 is 6.17. The average Bonchev–Trinajstić information content (AvgIpc) is 3.24. The molecular formula is C18H19ClN6O3S. The van der Waals surface area contributed by atoms with Gasteiger partial charge in [-0.15, -0.1) is 5.10 Å². The Morgan fingerprint density at radius 1 is 1.17 bits per heavy atom. The minimum Gasteiger partial charge on any atom is -0.322 e. The molecular weight excluding hydrogens is 416 g/mol. The lowest BCUT2D eigenvalue weighted by atomic mass is 10.2. The Morgan fingerprint density at radius 2 is 1.93 bits per heavy atom. The standard InChI is InChI=1S/C18H19ClN6O3S/c1-3-24(4-2)29(27,28)15-8-9-17(19)16(11-15)18(26)21-13-6-5-7-14(10-13)25-12-20-22-23-25/h5-12H,3-4H2,1-2H3,(H,21,26). The van der Waals surface area contributed by atoms with Crippen LogP contribution in [0.3, 0.4) is 0 Å². The fraction of sp³-hybridized carbons (Fsp3) is 0.222. The zero-order valence-corrected chi connectivity index (χ0v) is 17.4. The maximum atomic E-state index is 12.8. The molecule has 0 bridgehead atoms. The maximum Gasteiger partial charge on any atom is 0.257 e. The number of hydrogen-bond acceptors (Lipinski definition) is 6. The van der Waals surface area contributed by atoms with E-state index < -0.39 is 15.9 Å². The quantitative estimate of drug-likeness (QED) is 0.612. The second kappa shape index (κ2) is 8.68. The summed E-state index contributed by atoms with van der Waals surface area (Å²) < 4.78 is 28.2. The molecule has 0 spiro atoms. The van der Waals surface area contributed by atoms with Gasteiger partial charge in [0, 0.05) is 18.8 Å². The van der Waals surface area contributed by atoms with Gasteiger partial charge in [0.05, 0.1) is 21.2 Å². The van der Waals surface area contributed by atoms with E-state index in [1.807, 2.05) is 0 Å². The molecule has 3 rings (SSSR count). The van der Waals surface area contributed by atoms with Gasteiger partial charge in [0.25, 0.3) is 5.91 Å². The van der Waals surface area contributed by atoms with Crippen LogP contribution in [-0.2, 0) is 10.0 Å². The van der Waals surface area contributed by atoms with Crippen LogP contribution in [0.25, 0.3) is 5.69 Å². The van der Waals surface area contributed by atoms with E-state index in [0.717, 1.165) is 0 Å². The van der Waals surface area contributed by atoms with Gasteiger partial charge in [0.1, 0.15) is 6.33 Å². The van der Waals surface area contributed by atoms with Gasteiger partial charge in [-0.3, -0.25) is 4.79 Å². The number of aromatic nitrogens is 4. The van der Waals surface area contributed by atoms with E-state index in [2.05, 4.69) is 20.8 Å². The number of hydrogen-bond donors (Lipinski definition) is 1. The predicted molar refractivity (Wildman–Crippen MR) is 109 cm³/mol. The van der Waals surface area contributed by atoms with Gasteiger partial charge in [-0.1, -0.05) is 31.5 Å². The first kappa shape index (κ1) is 20.9. The Labute approximate surface area is 173 Å². The minimum atomic E-state index is -3.71. The highest BCUT2D eigenvalue weighted by Crippen LogP contribution is 2.24. The summed E-state index contributed by atoms with van der Waals surface area (Å²) in [6, 6.07) is 11.0. The van der Waals surface area contributed by atoms with Crippen molar-refractivity contribution in [2.75, 3.05) is 18.4 Å². The highest BCUT2D eigenvalue weighted by molar-refractivity contribution is 7.89. The lowest BCUT2D eigenvalue weighted by Gasteiger charge is -2.19. The summed E-state index contributed by atoms with van der Waals surface area (Å²) in [5.74, 6) is -0.527. The number of tetrazole rings is 1. The number of anilines is 1. The molecule has 0 saturated heterocycles. The van der Waals surface area contributed by atoms with Gasteiger partial charge in [0.2, 0.25) is 10.0 Å². The van der Waals surface area contributed by atoms with E-state index in [4.69, 9.17) is 11.6 Å². The molecule has 3 aromatic rings. The second-order valence-electron chi connectivity index (χ2n) is 5.99. The SMILES string of the molecule is CCN(CC)S(=O)(=O)c1ccc(Cl)c(C(=O)Nc2cccc(-n3cnnn3)c2)c1. The molecule has 0 aliphatic heterocycles. The number of sulfonamides is 1. The maximum absolute atomic E-state index is 12.8. The van der Waals surface area contributed by atoms with Crippen LogP contribution in [0.1, 0.15) is 24.2 Å². The van der Waals surface area contributed by atoms with E-state index in [1.165, 1.54) is 33.5 Å². The summed E-state index contributed by atoms with van der Waals surface area (Å²) in [6.45, 7) is 4.16. The Kier molecular flexibility index (Phi) is 6.26. The number of benzene rings is 2. The second-order valence-corrected chi connectivity index (χ2v) is 8.33. The number of amides is 1. The fourth-order valence-electron chi connectivity index (χ4n) is 2.76. The molecule has 1 aromatic heterocycles. The molecule has 0 unspecified atom stereocenters. The number of nitrogens with zero attached hydrogens (tertiary/aromatic N) is 5. The molecule has 0 fully saturated rings. The molecule has 2 aromatic carbocycles. The first-order valence-electron chi connectivity index (χ1n) is 8.81. The zero-order valence-electron chi connectivity index (χ0n) is 15.8.